The van der Waals surface area contributed by atoms with E-state index in [0.29, 0.717) is 12.5 Å². The Morgan fingerprint density at radius 2 is 1.68 bits per heavy atom. The van der Waals surface area contributed by atoms with Crippen molar-refractivity contribution < 1.29 is 19.3 Å². The average molecular weight is 474 g/mol. The van der Waals surface area contributed by atoms with Gasteiger partial charge in [0.05, 0.1) is 5.69 Å². The van der Waals surface area contributed by atoms with E-state index in [0.717, 1.165) is 82.3 Å². The summed E-state index contributed by atoms with van der Waals surface area (Å²) in [5.41, 5.74) is 2.17. The van der Waals surface area contributed by atoms with E-state index in [4.69, 9.17) is 9.84 Å². The first-order valence-electron chi connectivity index (χ1n) is 13.3. The first-order valence-corrected chi connectivity index (χ1v) is 13.3. The molecule has 1 fully saturated rings. The minimum Gasteiger partial charge on any atom is -0.506 e. The smallest absolute Gasteiger partial charge is 0.237 e. The van der Waals surface area contributed by atoms with Gasteiger partial charge in [0.1, 0.15) is 17.5 Å². The molecule has 0 amide bonds. The van der Waals surface area contributed by atoms with Gasteiger partial charge in [-0.15, -0.1) is 5.10 Å². The van der Waals surface area contributed by atoms with Gasteiger partial charge in [0, 0.05) is 25.3 Å². The molecular weight excluding hydrogens is 433 g/mol. The third-order valence-electron chi connectivity index (χ3n) is 7.27. The van der Waals surface area contributed by atoms with Crippen molar-refractivity contribution in [3.05, 3.63) is 35.3 Å². The molecule has 34 heavy (non-hydrogen) atoms. The first kappa shape index (κ1) is 25.0. The molecule has 2 aliphatic rings. The van der Waals surface area contributed by atoms with Crippen LogP contribution in [0.15, 0.2) is 18.2 Å². The Morgan fingerprint density at radius 1 is 0.971 bits per heavy atom. The van der Waals surface area contributed by atoms with E-state index in [1.807, 2.05) is 0 Å². The fraction of sp³-hybridized carbons (Fsp3) is 0.667. The summed E-state index contributed by atoms with van der Waals surface area (Å²) in [5.74, 6) is 0.0544. The van der Waals surface area contributed by atoms with Crippen molar-refractivity contribution in [2.75, 3.05) is 26.2 Å². The van der Waals surface area contributed by atoms with Crippen molar-refractivity contribution in [1.29, 1.82) is 0 Å². The molecule has 0 saturated carbocycles. The molecule has 2 heterocycles. The lowest BCUT2D eigenvalue weighted by molar-refractivity contribution is 0.0946. The predicted octanol–water partition coefficient (Wildman–Crippen LogP) is 5.16. The van der Waals surface area contributed by atoms with Gasteiger partial charge in [0.2, 0.25) is 5.88 Å². The van der Waals surface area contributed by atoms with Gasteiger partial charge in [-0.1, -0.05) is 38.2 Å². The van der Waals surface area contributed by atoms with Crippen molar-refractivity contribution in [3.63, 3.8) is 0 Å². The highest BCUT2D eigenvalue weighted by molar-refractivity contribution is 5.50. The summed E-state index contributed by atoms with van der Waals surface area (Å²) in [6.45, 7) is 3.55. The monoisotopic (exact) mass is 473 g/mol. The van der Waals surface area contributed by atoms with Crippen LogP contribution in [0.2, 0.25) is 0 Å². The minimum atomic E-state index is -0.471. The van der Waals surface area contributed by atoms with Crippen LogP contribution in [0.1, 0.15) is 81.9 Å². The number of aromatic nitrogens is 2. The number of piperidine rings is 1. The van der Waals surface area contributed by atoms with Gasteiger partial charge in [-0.05, 0) is 70.0 Å². The maximum absolute atomic E-state index is 14.6. The molecule has 0 spiro atoms. The van der Waals surface area contributed by atoms with Crippen LogP contribution in [-0.4, -0.2) is 57.2 Å². The van der Waals surface area contributed by atoms with Gasteiger partial charge in [0.15, 0.2) is 5.82 Å². The highest BCUT2D eigenvalue weighted by Gasteiger charge is 2.28. The third-order valence-corrected chi connectivity index (χ3v) is 7.27. The number of unbranched alkanes of at least 4 members (excludes halogenated alkanes) is 6. The zero-order valence-electron chi connectivity index (χ0n) is 20.4. The number of likely N-dealkylation sites (tertiary alicyclic amines) is 1. The number of phenolic OH excluding ortho intramolecular Hbond substituents is 1. The van der Waals surface area contributed by atoms with Gasteiger partial charge in [-0.25, -0.2) is 9.07 Å². The number of rotatable bonds is 12. The Bertz CT molecular complexity index is 889. The lowest BCUT2D eigenvalue weighted by atomic mass is 9.97. The highest BCUT2D eigenvalue weighted by atomic mass is 19.1. The number of aliphatic hydroxyl groups is 1. The number of benzene rings is 1. The normalized spacial score (nSPS) is 17.1. The lowest BCUT2D eigenvalue weighted by Gasteiger charge is -2.31. The van der Waals surface area contributed by atoms with E-state index in [2.05, 4.69) is 10.00 Å². The Hall–Kier alpha value is -2.12. The van der Waals surface area contributed by atoms with Crippen LogP contribution in [-0.2, 0) is 12.8 Å². The second kappa shape index (κ2) is 12.5. The molecule has 2 N–H and O–H groups in total. The number of phenols is 1. The van der Waals surface area contributed by atoms with E-state index >= 15 is 0 Å². The molecule has 7 heteroatoms. The SMILES string of the molecule is OCCCCCCCCCN1CCC(Oc2nn(-c3c(O)cccc3F)c3c2CCCC3)CC1. The molecule has 6 nitrogen and oxygen atoms in total. The number of nitrogens with zero attached hydrogens (tertiary/aromatic N) is 3. The zero-order valence-corrected chi connectivity index (χ0v) is 20.4. The first-order chi connectivity index (χ1) is 16.7. The van der Waals surface area contributed by atoms with Crippen LogP contribution in [0, 0.1) is 5.82 Å². The summed E-state index contributed by atoms with van der Waals surface area (Å²) in [4.78, 5) is 2.54. The predicted molar refractivity (Wildman–Crippen MR) is 131 cm³/mol. The number of hydrogen-bond acceptors (Lipinski definition) is 5. The van der Waals surface area contributed by atoms with Crippen molar-refractivity contribution in [2.24, 2.45) is 0 Å². The Balaban J connectivity index is 1.28. The van der Waals surface area contributed by atoms with Crippen molar-refractivity contribution in [1.82, 2.24) is 14.7 Å². The molecule has 0 unspecified atom stereocenters. The summed E-state index contributed by atoms with van der Waals surface area (Å²) in [6, 6.07) is 4.37. The molecular formula is C27H40FN3O3. The van der Waals surface area contributed by atoms with Crippen LogP contribution in [0.3, 0.4) is 0 Å². The van der Waals surface area contributed by atoms with Gasteiger partial charge in [0.25, 0.3) is 0 Å². The molecule has 2 aromatic rings. The molecule has 0 bridgehead atoms. The standard InChI is InChI=1S/C27H40FN3O3/c28-23-12-10-14-25(33)26(23)31-24-13-7-6-11-22(24)27(29-31)34-21-15-18-30(19-16-21)17-8-4-2-1-3-5-9-20-32/h10,12,14,21,32-33H,1-9,11,13,15-20H2. The average Bonchev–Trinajstić information content (AvgIpc) is 3.20. The fourth-order valence-electron chi connectivity index (χ4n) is 5.30. The number of hydrogen-bond donors (Lipinski definition) is 2. The molecule has 1 aliphatic carbocycles. The van der Waals surface area contributed by atoms with Crippen LogP contribution < -0.4 is 4.74 Å². The maximum atomic E-state index is 14.6. The number of aliphatic hydroxyl groups excluding tert-OH is 1. The second-order valence-electron chi connectivity index (χ2n) is 9.81. The van der Waals surface area contributed by atoms with Gasteiger partial charge in [-0.3, -0.25) is 0 Å². The highest BCUT2D eigenvalue weighted by Crippen LogP contribution is 2.35. The lowest BCUT2D eigenvalue weighted by Crippen LogP contribution is -2.38. The van der Waals surface area contributed by atoms with E-state index in [1.54, 1.807) is 4.68 Å². The molecule has 0 atom stereocenters. The number of ether oxygens (including phenoxy) is 1. The Morgan fingerprint density at radius 3 is 2.41 bits per heavy atom. The number of aromatic hydroxyl groups is 1. The minimum absolute atomic E-state index is 0.0964. The molecule has 1 aliphatic heterocycles. The third kappa shape index (κ3) is 6.30. The summed E-state index contributed by atoms with van der Waals surface area (Å²) in [7, 11) is 0. The van der Waals surface area contributed by atoms with Crippen LogP contribution in [0.5, 0.6) is 11.6 Å². The van der Waals surface area contributed by atoms with Crippen LogP contribution in [0.4, 0.5) is 4.39 Å². The molecule has 0 radical (unpaired) electrons. The second-order valence-corrected chi connectivity index (χ2v) is 9.81. The van der Waals surface area contributed by atoms with Crippen molar-refractivity contribution in [3.8, 4) is 17.3 Å². The maximum Gasteiger partial charge on any atom is 0.237 e. The summed E-state index contributed by atoms with van der Waals surface area (Å²) in [5, 5.41) is 23.8. The summed E-state index contributed by atoms with van der Waals surface area (Å²) in [6.07, 6.45) is 14.3. The summed E-state index contributed by atoms with van der Waals surface area (Å²) >= 11 is 0. The Kier molecular flexibility index (Phi) is 9.22. The molecule has 4 rings (SSSR count). The van der Waals surface area contributed by atoms with E-state index in [9.17, 15) is 9.50 Å². The molecule has 1 aromatic carbocycles. The van der Waals surface area contributed by atoms with E-state index in [-0.39, 0.29) is 17.5 Å². The van der Waals surface area contributed by atoms with E-state index in [1.165, 1.54) is 50.3 Å². The summed E-state index contributed by atoms with van der Waals surface area (Å²) < 4.78 is 22.5. The van der Waals surface area contributed by atoms with E-state index < -0.39 is 5.82 Å². The Labute approximate surface area is 202 Å². The van der Waals surface area contributed by atoms with Crippen LogP contribution in [0.25, 0.3) is 5.69 Å². The number of para-hydroxylation sites is 1. The molecule has 1 saturated heterocycles. The topological polar surface area (TPSA) is 70.8 Å². The number of halogens is 1. The molecule has 188 valence electrons. The number of fused-ring (bicyclic) bond motifs is 1. The zero-order chi connectivity index (χ0) is 23.8. The quantitative estimate of drug-likeness (QED) is 0.417. The van der Waals surface area contributed by atoms with Gasteiger partial charge >= 0.3 is 0 Å². The largest absolute Gasteiger partial charge is 0.506 e. The van der Waals surface area contributed by atoms with Crippen molar-refractivity contribution >= 4 is 0 Å². The van der Waals surface area contributed by atoms with Crippen molar-refractivity contribution in [2.45, 2.75) is 89.6 Å². The van der Waals surface area contributed by atoms with Crippen LogP contribution >= 0.6 is 0 Å². The van der Waals surface area contributed by atoms with Gasteiger partial charge in [-0.2, -0.15) is 0 Å². The molecule has 1 aromatic heterocycles. The van der Waals surface area contributed by atoms with Gasteiger partial charge < -0.3 is 19.8 Å². The fourth-order valence-corrected chi connectivity index (χ4v) is 5.30.